The van der Waals surface area contributed by atoms with Crippen LogP contribution in [0.25, 0.3) is 6.08 Å². The van der Waals surface area contributed by atoms with E-state index < -0.39 is 22.7 Å². The van der Waals surface area contributed by atoms with E-state index >= 15 is 0 Å². The molecule has 2 unspecified atom stereocenters. The molecule has 1 saturated heterocycles. The first-order valence-electron chi connectivity index (χ1n) is 10.5. The fraction of sp³-hybridized carbons (Fsp3) is 0.346. The molecule has 0 aliphatic carbocycles. The second-order valence-electron chi connectivity index (χ2n) is 9.22. The zero-order valence-corrected chi connectivity index (χ0v) is 20.5. The van der Waals surface area contributed by atoms with Gasteiger partial charge < -0.3 is 4.84 Å². The van der Waals surface area contributed by atoms with Crippen LogP contribution in [0, 0.1) is 16.7 Å². The molecule has 1 aliphatic rings. The highest BCUT2D eigenvalue weighted by atomic mass is 32.2. The summed E-state index contributed by atoms with van der Waals surface area (Å²) >= 11 is 7.28. The first-order valence-corrected chi connectivity index (χ1v) is 11.9. The average molecular weight is 468 g/mol. The van der Waals surface area contributed by atoms with Crippen molar-refractivity contribution in [2.75, 3.05) is 5.75 Å². The number of amides is 1. The fourth-order valence-electron chi connectivity index (χ4n) is 4.57. The molecule has 1 fully saturated rings. The average Bonchev–Trinajstić information content (AvgIpc) is 2.77. The molecule has 0 spiro atoms. The quantitative estimate of drug-likeness (QED) is 0.523. The third kappa shape index (κ3) is 4.81. The predicted octanol–water partition coefficient (Wildman–Crippen LogP) is 5.78. The van der Waals surface area contributed by atoms with Crippen molar-refractivity contribution in [1.29, 1.82) is 0 Å². The maximum atomic E-state index is 12.9. The molecule has 1 aliphatic heterocycles. The highest BCUT2D eigenvalue weighted by Gasteiger charge is 2.56. The smallest absolute Gasteiger partial charge is 0.336 e. The van der Waals surface area contributed by atoms with Crippen molar-refractivity contribution in [3.05, 3.63) is 77.9 Å². The summed E-state index contributed by atoms with van der Waals surface area (Å²) in [6.45, 7) is 11.5. The van der Waals surface area contributed by atoms with Crippen LogP contribution in [-0.2, 0) is 14.4 Å². The monoisotopic (exact) mass is 467 g/mol. The number of thioether (sulfide) groups is 1. The molecule has 1 N–H and O–H groups in total. The lowest BCUT2D eigenvalue weighted by atomic mass is 9.58. The number of carbonyl (C=O) groups excluding carboxylic acids is 2. The molecule has 2 aromatic carbocycles. The van der Waals surface area contributed by atoms with Crippen LogP contribution in [0.3, 0.4) is 0 Å². The van der Waals surface area contributed by atoms with Crippen molar-refractivity contribution in [3.63, 3.8) is 0 Å². The summed E-state index contributed by atoms with van der Waals surface area (Å²) in [4.78, 5) is 30.6. The summed E-state index contributed by atoms with van der Waals surface area (Å²) in [5, 5.41) is 0. The van der Waals surface area contributed by atoms with E-state index in [4.69, 9.17) is 17.1 Å². The van der Waals surface area contributed by atoms with E-state index in [0.717, 1.165) is 20.9 Å². The Balaban J connectivity index is 1.98. The SMILES string of the molecule is C=Cc1ccc(C(CSC(=S)c2ccccc2)C(C)(C)C2C(=O)ONC(=O)C2(C)C)cc1. The number of rotatable bonds is 7. The molecule has 3 rings (SSSR count). The van der Waals surface area contributed by atoms with Crippen LogP contribution in [0.4, 0.5) is 0 Å². The third-order valence-corrected chi connectivity index (χ3v) is 7.98. The number of hydrogen-bond donors (Lipinski definition) is 1. The van der Waals surface area contributed by atoms with E-state index in [2.05, 4.69) is 24.2 Å². The van der Waals surface area contributed by atoms with Crippen molar-refractivity contribution in [3.8, 4) is 0 Å². The molecule has 1 heterocycles. The van der Waals surface area contributed by atoms with E-state index in [-0.39, 0.29) is 11.8 Å². The number of benzene rings is 2. The fourth-order valence-corrected chi connectivity index (χ4v) is 6.15. The van der Waals surface area contributed by atoms with Gasteiger partial charge in [0.2, 0.25) is 0 Å². The van der Waals surface area contributed by atoms with Gasteiger partial charge in [-0.25, -0.2) is 4.79 Å². The van der Waals surface area contributed by atoms with Crippen molar-refractivity contribution >= 4 is 46.1 Å². The molecular weight excluding hydrogens is 438 g/mol. The van der Waals surface area contributed by atoms with Crippen LogP contribution in [-0.4, -0.2) is 21.8 Å². The molecule has 168 valence electrons. The van der Waals surface area contributed by atoms with E-state index in [1.54, 1.807) is 31.7 Å². The first kappa shape index (κ1) is 24.2. The Kier molecular flexibility index (Phi) is 7.25. The molecule has 4 nitrogen and oxygen atoms in total. The number of thiocarbonyl (C=S) groups is 1. The molecular formula is C26H29NO3S2. The highest BCUT2D eigenvalue weighted by molar-refractivity contribution is 8.23. The van der Waals surface area contributed by atoms with Crippen LogP contribution < -0.4 is 5.48 Å². The normalized spacial score (nSPS) is 18.9. The maximum Gasteiger partial charge on any atom is 0.336 e. The van der Waals surface area contributed by atoms with Gasteiger partial charge in [-0.15, -0.1) is 11.8 Å². The van der Waals surface area contributed by atoms with E-state index in [0.29, 0.717) is 5.75 Å². The lowest BCUT2D eigenvalue weighted by Gasteiger charge is -2.47. The molecule has 0 saturated carbocycles. The molecule has 0 bridgehead atoms. The molecule has 6 heteroatoms. The number of nitrogens with one attached hydrogen (secondary N) is 1. The number of hydrogen-bond acceptors (Lipinski definition) is 5. The van der Waals surface area contributed by atoms with Crippen molar-refractivity contribution in [2.24, 2.45) is 16.7 Å². The van der Waals surface area contributed by atoms with Crippen molar-refractivity contribution in [2.45, 2.75) is 33.6 Å². The largest absolute Gasteiger partial charge is 0.340 e. The zero-order chi connectivity index (χ0) is 23.5. The Bertz CT molecular complexity index is 1010. The summed E-state index contributed by atoms with van der Waals surface area (Å²) in [5.41, 5.74) is 3.87. The van der Waals surface area contributed by atoms with Gasteiger partial charge in [0.15, 0.2) is 0 Å². The van der Waals surface area contributed by atoms with Crippen molar-refractivity contribution < 1.29 is 14.4 Å². The summed E-state index contributed by atoms with van der Waals surface area (Å²) in [6.07, 6.45) is 1.80. The lowest BCUT2D eigenvalue weighted by molar-refractivity contribution is -0.189. The van der Waals surface area contributed by atoms with Gasteiger partial charge >= 0.3 is 5.97 Å². The Labute approximate surface area is 199 Å². The van der Waals surface area contributed by atoms with Gasteiger partial charge in [-0.05, 0) is 28.0 Å². The Morgan fingerprint density at radius 1 is 1.19 bits per heavy atom. The van der Waals surface area contributed by atoms with Gasteiger partial charge in [0, 0.05) is 5.75 Å². The summed E-state index contributed by atoms with van der Waals surface area (Å²) in [6, 6.07) is 18.1. The van der Waals surface area contributed by atoms with Crippen LogP contribution in [0.15, 0.2) is 61.2 Å². The number of carbonyl (C=O) groups is 2. The molecule has 0 radical (unpaired) electrons. The predicted molar refractivity (Wildman–Crippen MR) is 135 cm³/mol. The van der Waals surface area contributed by atoms with Crippen LogP contribution in [0.5, 0.6) is 0 Å². The van der Waals surface area contributed by atoms with Crippen LogP contribution in [0.2, 0.25) is 0 Å². The van der Waals surface area contributed by atoms with E-state index in [1.165, 1.54) is 0 Å². The summed E-state index contributed by atoms with van der Waals surface area (Å²) in [7, 11) is 0. The third-order valence-electron chi connectivity index (χ3n) is 6.39. The minimum Gasteiger partial charge on any atom is -0.340 e. The van der Waals surface area contributed by atoms with Gasteiger partial charge in [0.25, 0.3) is 5.91 Å². The standard InChI is InChI=1S/C26H29NO3S2/c1-6-17-12-14-18(15-13-17)20(16-32-23(31)19-10-8-7-9-11-19)25(2,3)21-22(28)30-27-24(29)26(21,4)5/h6-15,20-21H,1,16H2,2-5H3,(H,27,29). The van der Waals surface area contributed by atoms with E-state index in [9.17, 15) is 9.59 Å². The van der Waals surface area contributed by atoms with Gasteiger partial charge in [-0.2, -0.15) is 5.48 Å². The molecule has 32 heavy (non-hydrogen) atoms. The molecule has 2 atom stereocenters. The summed E-state index contributed by atoms with van der Waals surface area (Å²) < 4.78 is 0.803. The number of hydroxylamine groups is 1. The first-order chi connectivity index (χ1) is 15.1. The van der Waals surface area contributed by atoms with Crippen LogP contribution >= 0.6 is 24.0 Å². The van der Waals surface area contributed by atoms with Gasteiger partial charge in [0.05, 0.1) is 15.5 Å². The minimum absolute atomic E-state index is 0.0595. The second kappa shape index (κ2) is 9.59. The Morgan fingerprint density at radius 3 is 2.41 bits per heavy atom. The maximum absolute atomic E-state index is 12.9. The zero-order valence-electron chi connectivity index (χ0n) is 18.9. The van der Waals surface area contributed by atoms with Crippen molar-refractivity contribution in [1.82, 2.24) is 5.48 Å². The Morgan fingerprint density at radius 2 is 1.81 bits per heavy atom. The summed E-state index contributed by atoms with van der Waals surface area (Å²) in [5.74, 6) is -0.726. The minimum atomic E-state index is -0.914. The van der Waals surface area contributed by atoms with Gasteiger partial charge in [-0.1, -0.05) is 107 Å². The van der Waals surface area contributed by atoms with Crippen LogP contribution in [0.1, 0.15) is 50.3 Å². The Hall–Kier alpha value is -2.44. The topological polar surface area (TPSA) is 55.4 Å². The second-order valence-corrected chi connectivity index (χ2v) is 10.9. The molecule has 0 aromatic heterocycles. The molecule has 2 aromatic rings. The molecule has 1 amide bonds. The van der Waals surface area contributed by atoms with E-state index in [1.807, 2.05) is 56.3 Å². The highest BCUT2D eigenvalue weighted by Crippen LogP contribution is 2.51. The lowest BCUT2D eigenvalue weighted by Crippen LogP contribution is -2.58. The van der Waals surface area contributed by atoms with Gasteiger partial charge in [-0.3, -0.25) is 4.79 Å². The van der Waals surface area contributed by atoms with Gasteiger partial charge in [0.1, 0.15) is 0 Å².